The number of likely N-dealkylation sites (tertiary alicyclic amines) is 1. The largest absolute Gasteiger partial charge is 0.314 e. The molecule has 3 aliphatic heterocycles. The van der Waals surface area contributed by atoms with Crippen molar-refractivity contribution in [2.24, 2.45) is 10.9 Å². The molecule has 3 heterocycles. The summed E-state index contributed by atoms with van der Waals surface area (Å²) in [6.45, 7) is 6.36. The average Bonchev–Trinajstić information content (AvgIpc) is 3.19. The van der Waals surface area contributed by atoms with Gasteiger partial charge in [-0.05, 0) is 70.3 Å². The number of aliphatic imine (C=N–C) groups is 1. The first-order valence-corrected chi connectivity index (χ1v) is 9.83. The molecule has 0 bridgehead atoms. The minimum atomic E-state index is 0.598. The van der Waals surface area contributed by atoms with Gasteiger partial charge in [-0.15, -0.1) is 0 Å². The summed E-state index contributed by atoms with van der Waals surface area (Å²) in [7, 11) is 0. The molecule has 0 amide bonds. The Balaban J connectivity index is 1.24. The van der Waals surface area contributed by atoms with Crippen LogP contribution in [0.1, 0.15) is 37.7 Å². The lowest BCUT2D eigenvalue weighted by atomic mass is 9.91. The zero-order valence-electron chi connectivity index (χ0n) is 15.1. The second-order valence-corrected chi connectivity index (χ2v) is 7.57. The van der Waals surface area contributed by atoms with E-state index in [2.05, 4.69) is 33.4 Å². The predicted octanol–water partition coefficient (Wildman–Crippen LogP) is 2.67. The van der Waals surface area contributed by atoms with E-state index in [1.165, 1.54) is 51.7 Å². The maximum absolute atomic E-state index is 6.16. The molecular formula is C20H30N4O. The SMILES string of the molecule is C1=NCN(OCC2CCNC(CCN3CCCC3)C2)c2ccccc21. The van der Waals surface area contributed by atoms with Crippen molar-refractivity contribution in [3.05, 3.63) is 29.8 Å². The summed E-state index contributed by atoms with van der Waals surface area (Å²) in [5, 5.41) is 5.66. The Bertz CT molecular complexity index is 585. The molecule has 1 N–H and O–H groups in total. The first-order chi connectivity index (χ1) is 12.4. The fourth-order valence-corrected chi connectivity index (χ4v) is 4.23. The van der Waals surface area contributed by atoms with E-state index in [-0.39, 0.29) is 0 Å². The van der Waals surface area contributed by atoms with Gasteiger partial charge in [-0.1, -0.05) is 18.2 Å². The van der Waals surface area contributed by atoms with E-state index in [4.69, 9.17) is 4.84 Å². The van der Waals surface area contributed by atoms with Crippen molar-refractivity contribution in [3.63, 3.8) is 0 Å². The lowest BCUT2D eigenvalue weighted by molar-refractivity contribution is 0.0605. The third-order valence-corrected chi connectivity index (χ3v) is 5.71. The number of nitrogens with zero attached hydrogens (tertiary/aromatic N) is 3. The lowest BCUT2D eigenvalue weighted by Gasteiger charge is -2.33. The highest BCUT2D eigenvalue weighted by Gasteiger charge is 2.24. The molecular weight excluding hydrogens is 312 g/mol. The van der Waals surface area contributed by atoms with Crippen LogP contribution >= 0.6 is 0 Å². The molecule has 2 saturated heterocycles. The Morgan fingerprint density at radius 3 is 3.00 bits per heavy atom. The van der Waals surface area contributed by atoms with Gasteiger partial charge in [0.1, 0.15) is 6.67 Å². The van der Waals surface area contributed by atoms with Crippen LogP contribution < -0.4 is 10.4 Å². The van der Waals surface area contributed by atoms with Crippen LogP contribution in [0.4, 0.5) is 5.69 Å². The molecule has 1 aromatic carbocycles. The molecule has 136 valence electrons. The molecule has 5 nitrogen and oxygen atoms in total. The average molecular weight is 342 g/mol. The quantitative estimate of drug-likeness (QED) is 0.863. The summed E-state index contributed by atoms with van der Waals surface area (Å²) in [5.41, 5.74) is 2.28. The zero-order chi connectivity index (χ0) is 16.9. The highest BCUT2D eigenvalue weighted by Crippen LogP contribution is 2.25. The molecule has 3 aliphatic rings. The van der Waals surface area contributed by atoms with Crippen LogP contribution in [-0.4, -0.2) is 56.6 Å². The summed E-state index contributed by atoms with van der Waals surface area (Å²) >= 11 is 0. The molecule has 1 aromatic rings. The van der Waals surface area contributed by atoms with Crippen LogP contribution in [0.25, 0.3) is 0 Å². The maximum atomic E-state index is 6.16. The standard InChI is InChI=1S/C20H30N4O/c1-2-6-20-18(5-1)14-21-16-24(20)25-15-17-7-9-22-19(13-17)8-12-23-10-3-4-11-23/h1-2,5-6,14,17,19,22H,3-4,7-13,15-16H2. The van der Waals surface area contributed by atoms with Crippen molar-refractivity contribution >= 4 is 11.9 Å². The van der Waals surface area contributed by atoms with Gasteiger partial charge in [-0.25, -0.2) is 5.06 Å². The second kappa shape index (κ2) is 8.30. The van der Waals surface area contributed by atoms with Crippen LogP contribution in [0, 0.1) is 5.92 Å². The van der Waals surface area contributed by atoms with E-state index in [0.29, 0.717) is 18.6 Å². The molecule has 2 unspecified atom stereocenters. The summed E-state index contributed by atoms with van der Waals surface area (Å²) in [4.78, 5) is 13.2. The van der Waals surface area contributed by atoms with Crippen molar-refractivity contribution in [2.45, 2.75) is 38.1 Å². The highest BCUT2D eigenvalue weighted by molar-refractivity contribution is 5.89. The molecule has 5 heteroatoms. The number of hydrogen-bond donors (Lipinski definition) is 1. The Hall–Kier alpha value is -1.43. The van der Waals surface area contributed by atoms with Crippen molar-refractivity contribution < 1.29 is 4.84 Å². The highest BCUT2D eigenvalue weighted by atomic mass is 16.7. The van der Waals surface area contributed by atoms with Crippen molar-refractivity contribution in [1.29, 1.82) is 0 Å². The predicted molar refractivity (Wildman–Crippen MR) is 102 cm³/mol. The molecule has 4 rings (SSSR count). The first-order valence-electron chi connectivity index (χ1n) is 9.83. The third kappa shape index (κ3) is 4.40. The maximum Gasteiger partial charge on any atom is 0.135 e. The Morgan fingerprint density at radius 1 is 1.20 bits per heavy atom. The fraction of sp³-hybridized carbons (Fsp3) is 0.650. The van der Waals surface area contributed by atoms with Crippen LogP contribution in [0.3, 0.4) is 0 Å². The molecule has 0 spiro atoms. The number of hydroxylamine groups is 1. The normalized spacial score (nSPS) is 26.8. The van der Waals surface area contributed by atoms with Crippen LogP contribution in [-0.2, 0) is 4.84 Å². The monoisotopic (exact) mass is 342 g/mol. The number of hydrogen-bond acceptors (Lipinski definition) is 5. The van der Waals surface area contributed by atoms with Gasteiger partial charge in [-0.2, -0.15) is 0 Å². The zero-order valence-corrected chi connectivity index (χ0v) is 15.1. The van der Waals surface area contributed by atoms with Gasteiger partial charge in [0, 0.05) is 17.8 Å². The number of anilines is 1. The van der Waals surface area contributed by atoms with Gasteiger partial charge in [0.2, 0.25) is 0 Å². The van der Waals surface area contributed by atoms with Gasteiger partial charge in [0.15, 0.2) is 0 Å². The summed E-state index contributed by atoms with van der Waals surface area (Å²) in [6.07, 6.45) is 8.41. The fourth-order valence-electron chi connectivity index (χ4n) is 4.23. The summed E-state index contributed by atoms with van der Waals surface area (Å²) in [6, 6.07) is 8.96. The molecule has 0 saturated carbocycles. The Morgan fingerprint density at radius 2 is 2.08 bits per heavy atom. The molecule has 0 aliphatic carbocycles. The number of fused-ring (bicyclic) bond motifs is 1. The molecule has 0 aromatic heterocycles. The van der Waals surface area contributed by atoms with Crippen molar-refractivity contribution in [1.82, 2.24) is 10.2 Å². The number of nitrogens with one attached hydrogen (secondary N) is 1. The second-order valence-electron chi connectivity index (χ2n) is 7.57. The van der Waals surface area contributed by atoms with E-state index in [1.807, 2.05) is 17.3 Å². The topological polar surface area (TPSA) is 40.1 Å². The molecule has 2 fully saturated rings. The van der Waals surface area contributed by atoms with Gasteiger partial charge >= 0.3 is 0 Å². The number of rotatable bonds is 6. The van der Waals surface area contributed by atoms with Crippen molar-refractivity contribution in [3.8, 4) is 0 Å². The van der Waals surface area contributed by atoms with Crippen LogP contribution in [0.5, 0.6) is 0 Å². The number of benzene rings is 1. The molecule has 2 atom stereocenters. The number of para-hydroxylation sites is 1. The van der Waals surface area contributed by atoms with E-state index in [1.54, 1.807) is 0 Å². The van der Waals surface area contributed by atoms with Gasteiger partial charge in [-0.3, -0.25) is 9.83 Å². The molecule has 0 radical (unpaired) electrons. The Labute approximate surface area is 151 Å². The summed E-state index contributed by atoms with van der Waals surface area (Å²) < 4.78 is 0. The van der Waals surface area contributed by atoms with Gasteiger partial charge in [0.05, 0.1) is 12.3 Å². The number of piperidine rings is 1. The first kappa shape index (κ1) is 17.0. The van der Waals surface area contributed by atoms with E-state index in [0.717, 1.165) is 24.4 Å². The minimum Gasteiger partial charge on any atom is -0.314 e. The third-order valence-electron chi connectivity index (χ3n) is 5.71. The Kier molecular flexibility index (Phi) is 5.65. The van der Waals surface area contributed by atoms with Gasteiger partial charge in [0.25, 0.3) is 0 Å². The van der Waals surface area contributed by atoms with Crippen LogP contribution in [0.15, 0.2) is 29.3 Å². The smallest absolute Gasteiger partial charge is 0.135 e. The van der Waals surface area contributed by atoms with Crippen molar-refractivity contribution in [2.75, 3.05) is 44.5 Å². The van der Waals surface area contributed by atoms with E-state index in [9.17, 15) is 0 Å². The van der Waals surface area contributed by atoms with Gasteiger partial charge < -0.3 is 10.2 Å². The summed E-state index contributed by atoms with van der Waals surface area (Å²) in [5.74, 6) is 0.642. The minimum absolute atomic E-state index is 0.598. The van der Waals surface area contributed by atoms with E-state index < -0.39 is 0 Å². The lowest BCUT2D eigenvalue weighted by Crippen LogP contribution is -2.42. The molecule has 25 heavy (non-hydrogen) atoms. The van der Waals surface area contributed by atoms with Crippen LogP contribution in [0.2, 0.25) is 0 Å². The van der Waals surface area contributed by atoms with E-state index >= 15 is 0 Å².